The summed E-state index contributed by atoms with van der Waals surface area (Å²) >= 11 is 11.3. The minimum atomic E-state index is -0.313. The Morgan fingerprint density at radius 2 is 2.14 bits per heavy atom. The Morgan fingerprint density at radius 1 is 1.45 bits per heavy atom. The number of nitrogens with one attached hydrogen (secondary N) is 2. The number of benzene rings is 1. The molecular weight excluding hydrogens is 325 g/mol. The van der Waals surface area contributed by atoms with E-state index >= 15 is 0 Å². The van der Waals surface area contributed by atoms with Crippen LogP contribution in [0.2, 0.25) is 5.15 Å². The third-order valence-corrected chi connectivity index (χ3v) is 3.42. The lowest BCUT2D eigenvalue weighted by Gasteiger charge is -2.03. The highest BCUT2D eigenvalue weighted by atomic mass is 35.5. The van der Waals surface area contributed by atoms with Crippen molar-refractivity contribution < 1.29 is 4.39 Å². The number of hydrogen-bond acceptors (Lipinski definition) is 3. The summed E-state index contributed by atoms with van der Waals surface area (Å²) in [6.07, 6.45) is 1.55. The van der Waals surface area contributed by atoms with Crippen LogP contribution >= 0.6 is 23.8 Å². The molecule has 22 heavy (non-hydrogen) atoms. The van der Waals surface area contributed by atoms with Gasteiger partial charge in [0.15, 0.2) is 5.11 Å². The number of aryl methyl sites for hydroxylation is 1. The molecule has 1 aromatic carbocycles. The molecule has 2 rings (SSSR count). The highest BCUT2D eigenvalue weighted by Crippen LogP contribution is 2.22. The molecule has 116 valence electrons. The summed E-state index contributed by atoms with van der Waals surface area (Å²) in [5.74, 6) is -0.313. The van der Waals surface area contributed by atoms with Gasteiger partial charge in [0.05, 0.1) is 23.2 Å². The van der Waals surface area contributed by atoms with Crippen molar-refractivity contribution in [2.24, 2.45) is 5.10 Å². The first-order valence-corrected chi connectivity index (χ1v) is 7.39. The van der Waals surface area contributed by atoms with Gasteiger partial charge < -0.3 is 5.32 Å². The molecule has 1 aromatic heterocycles. The molecule has 5 nitrogen and oxygen atoms in total. The zero-order valence-corrected chi connectivity index (χ0v) is 13.7. The van der Waals surface area contributed by atoms with Crippen LogP contribution in [0.3, 0.4) is 0 Å². The fourth-order valence-corrected chi connectivity index (χ4v) is 2.28. The van der Waals surface area contributed by atoms with Gasteiger partial charge in [-0.25, -0.2) is 9.07 Å². The SMILES string of the molecule is CCNC(=S)N/N=C\c1c(C)nn(-c2ccc(F)cc2)c1Cl. The molecule has 2 aromatic rings. The van der Waals surface area contributed by atoms with Gasteiger partial charge >= 0.3 is 0 Å². The van der Waals surface area contributed by atoms with Crippen LogP contribution in [0, 0.1) is 12.7 Å². The topological polar surface area (TPSA) is 54.2 Å². The molecule has 0 radical (unpaired) electrons. The number of rotatable bonds is 4. The van der Waals surface area contributed by atoms with Crippen LogP contribution in [-0.2, 0) is 0 Å². The molecule has 1 heterocycles. The van der Waals surface area contributed by atoms with Gasteiger partial charge in [0.25, 0.3) is 0 Å². The number of aromatic nitrogens is 2. The third-order valence-electron chi connectivity index (χ3n) is 2.82. The van der Waals surface area contributed by atoms with E-state index in [0.717, 1.165) is 0 Å². The molecule has 0 saturated heterocycles. The van der Waals surface area contributed by atoms with Crippen molar-refractivity contribution in [3.8, 4) is 5.69 Å². The van der Waals surface area contributed by atoms with Crippen LogP contribution in [0.25, 0.3) is 5.69 Å². The molecule has 2 N–H and O–H groups in total. The van der Waals surface area contributed by atoms with E-state index in [1.165, 1.54) is 16.8 Å². The summed E-state index contributed by atoms with van der Waals surface area (Å²) in [6.45, 7) is 4.46. The van der Waals surface area contributed by atoms with Gasteiger partial charge in [-0.2, -0.15) is 10.2 Å². The number of thiocarbonyl (C=S) groups is 1. The number of hydrazone groups is 1. The van der Waals surface area contributed by atoms with Crippen molar-refractivity contribution in [2.75, 3.05) is 6.54 Å². The van der Waals surface area contributed by atoms with Gasteiger partial charge in [-0.15, -0.1) is 0 Å². The molecular formula is C14H15ClFN5S. The zero-order chi connectivity index (χ0) is 16.1. The van der Waals surface area contributed by atoms with Crippen molar-refractivity contribution in [3.05, 3.63) is 46.5 Å². The average Bonchev–Trinajstić information content (AvgIpc) is 2.76. The molecule has 0 fully saturated rings. The van der Waals surface area contributed by atoms with Crippen molar-refractivity contribution >= 4 is 35.1 Å². The fraction of sp³-hybridized carbons (Fsp3) is 0.214. The minimum Gasteiger partial charge on any atom is -0.362 e. The number of halogens is 2. The average molecular weight is 340 g/mol. The second-order valence-corrected chi connectivity index (χ2v) is 5.17. The predicted molar refractivity (Wildman–Crippen MR) is 90.3 cm³/mol. The van der Waals surface area contributed by atoms with E-state index in [0.29, 0.717) is 33.8 Å². The van der Waals surface area contributed by atoms with E-state index in [2.05, 4.69) is 20.9 Å². The van der Waals surface area contributed by atoms with E-state index in [1.807, 2.05) is 13.8 Å². The summed E-state index contributed by atoms with van der Waals surface area (Å²) in [5.41, 5.74) is 4.73. The summed E-state index contributed by atoms with van der Waals surface area (Å²) in [4.78, 5) is 0. The van der Waals surface area contributed by atoms with Gasteiger partial charge in [0.2, 0.25) is 0 Å². The van der Waals surface area contributed by atoms with Gasteiger partial charge in [-0.05, 0) is 50.3 Å². The molecule has 0 bridgehead atoms. The van der Waals surface area contributed by atoms with Crippen LogP contribution < -0.4 is 10.7 Å². The summed E-state index contributed by atoms with van der Waals surface area (Å²) in [5, 5.41) is 12.1. The number of hydrogen-bond donors (Lipinski definition) is 2. The van der Waals surface area contributed by atoms with Gasteiger partial charge in [-0.1, -0.05) is 11.6 Å². The van der Waals surface area contributed by atoms with Crippen LogP contribution in [0.5, 0.6) is 0 Å². The zero-order valence-electron chi connectivity index (χ0n) is 12.1. The lowest BCUT2D eigenvalue weighted by molar-refractivity contribution is 0.627. The van der Waals surface area contributed by atoms with E-state index in [9.17, 15) is 4.39 Å². The van der Waals surface area contributed by atoms with Crippen LogP contribution in [-0.4, -0.2) is 27.7 Å². The van der Waals surface area contributed by atoms with Crippen LogP contribution in [0.15, 0.2) is 29.4 Å². The molecule has 0 aliphatic carbocycles. The smallest absolute Gasteiger partial charge is 0.186 e. The van der Waals surface area contributed by atoms with E-state index in [4.69, 9.17) is 23.8 Å². The van der Waals surface area contributed by atoms with E-state index in [1.54, 1.807) is 18.3 Å². The van der Waals surface area contributed by atoms with E-state index in [-0.39, 0.29) is 5.82 Å². The highest BCUT2D eigenvalue weighted by Gasteiger charge is 2.13. The number of nitrogens with zero attached hydrogens (tertiary/aromatic N) is 3. The monoisotopic (exact) mass is 339 g/mol. The quantitative estimate of drug-likeness (QED) is 0.511. The predicted octanol–water partition coefficient (Wildman–Crippen LogP) is 2.79. The molecule has 0 amide bonds. The van der Waals surface area contributed by atoms with Gasteiger partial charge in [-0.3, -0.25) is 5.43 Å². The summed E-state index contributed by atoms with van der Waals surface area (Å²) in [6, 6.07) is 5.92. The molecule has 0 aliphatic heterocycles. The van der Waals surface area contributed by atoms with E-state index < -0.39 is 0 Å². The summed E-state index contributed by atoms with van der Waals surface area (Å²) < 4.78 is 14.5. The Morgan fingerprint density at radius 3 is 2.77 bits per heavy atom. The fourth-order valence-electron chi connectivity index (χ4n) is 1.77. The van der Waals surface area contributed by atoms with Crippen molar-refractivity contribution in [2.45, 2.75) is 13.8 Å². The molecule has 0 unspecified atom stereocenters. The molecule has 0 saturated carbocycles. The lowest BCUT2D eigenvalue weighted by atomic mass is 10.3. The largest absolute Gasteiger partial charge is 0.362 e. The van der Waals surface area contributed by atoms with Crippen molar-refractivity contribution in [1.82, 2.24) is 20.5 Å². The molecule has 0 spiro atoms. The Hall–Kier alpha value is -1.99. The van der Waals surface area contributed by atoms with Crippen LogP contribution in [0.4, 0.5) is 4.39 Å². The first-order valence-electron chi connectivity index (χ1n) is 6.61. The molecule has 8 heteroatoms. The maximum atomic E-state index is 13.0. The Bertz CT molecular complexity index is 696. The molecule has 0 atom stereocenters. The van der Waals surface area contributed by atoms with Gasteiger partial charge in [0.1, 0.15) is 11.0 Å². The first kappa shape index (κ1) is 16.4. The van der Waals surface area contributed by atoms with Crippen molar-refractivity contribution in [1.29, 1.82) is 0 Å². The maximum absolute atomic E-state index is 13.0. The standard InChI is InChI=1S/C14H15ClFN5S/c1-3-17-14(22)19-18-8-12-9(2)20-21(13(12)15)11-6-4-10(16)5-7-11/h4-8H,3H2,1-2H3,(H2,17,19,22)/b18-8-. The normalized spacial score (nSPS) is 10.9. The minimum absolute atomic E-state index is 0.313. The Labute approximate surface area is 138 Å². The second-order valence-electron chi connectivity index (χ2n) is 4.41. The highest BCUT2D eigenvalue weighted by molar-refractivity contribution is 7.80. The Balaban J connectivity index is 2.22. The third kappa shape index (κ3) is 3.80. The summed E-state index contributed by atoms with van der Waals surface area (Å²) in [7, 11) is 0. The first-order chi connectivity index (χ1) is 10.5. The second kappa shape index (κ2) is 7.33. The molecule has 0 aliphatic rings. The lowest BCUT2D eigenvalue weighted by Crippen LogP contribution is -2.31. The Kier molecular flexibility index (Phi) is 5.46. The van der Waals surface area contributed by atoms with Crippen molar-refractivity contribution in [3.63, 3.8) is 0 Å². The maximum Gasteiger partial charge on any atom is 0.186 e. The van der Waals surface area contributed by atoms with Gasteiger partial charge in [0, 0.05) is 6.54 Å². The van der Waals surface area contributed by atoms with Crippen LogP contribution in [0.1, 0.15) is 18.2 Å².